The second-order valence-electron chi connectivity index (χ2n) is 5.00. The number of benzene rings is 1. The van der Waals surface area contributed by atoms with E-state index in [4.69, 9.17) is 0 Å². The third-order valence-corrected chi connectivity index (χ3v) is 3.42. The van der Waals surface area contributed by atoms with Crippen molar-refractivity contribution in [2.45, 2.75) is 26.2 Å². The van der Waals surface area contributed by atoms with E-state index in [9.17, 15) is 4.79 Å². The highest BCUT2D eigenvalue weighted by atomic mass is 16.2. The van der Waals surface area contributed by atoms with Gasteiger partial charge in [-0.3, -0.25) is 4.79 Å². The average Bonchev–Trinajstić information content (AvgIpc) is 2.31. The smallest absolute Gasteiger partial charge is 0.227 e. The molecule has 3 heteroatoms. The van der Waals surface area contributed by atoms with Crippen LogP contribution in [-0.4, -0.2) is 37.0 Å². The van der Waals surface area contributed by atoms with Crippen LogP contribution in [0.2, 0.25) is 0 Å². The predicted molar refractivity (Wildman–Crippen MR) is 73.6 cm³/mol. The molecule has 98 valence electrons. The maximum absolute atomic E-state index is 12.2. The van der Waals surface area contributed by atoms with E-state index in [0.717, 1.165) is 44.6 Å². The van der Waals surface area contributed by atoms with Crippen LogP contribution in [0.3, 0.4) is 0 Å². The fourth-order valence-electron chi connectivity index (χ4n) is 2.25. The van der Waals surface area contributed by atoms with Crippen molar-refractivity contribution in [2.75, 3.05) is 26.2 Å². The Morgan fingerprint density at radius 1 is 1.17 bits per heavy atom. The zero-order valence-electron chi connectivity index (χ0n) is 11.1. The highest BCUT2D eigenvalue weighted by molar-refractivity contribution is 5.78. The van der Waals surface area contributed by atoms with Crippen LogP contribution in [0.15, 0.2) is 24.3 Å². The highest BCUT2D eigenvalue weighted by Gasteiger charge is 2.14. The van der Waals surface area contributed by atoms with Crippen LogP contribution in [-0.2, 0) is 11.2 Å². The van der Waals surface area contributed by atoms with Gasteiger partial charge in [-0.05, 0) is 31.9 Å². The van der Waals surface area contributed by atoms with Gasteiger partial charge in [0.25, 0.3) is 0 Å². The lowest BCUT2D eigenvalue weighted by molar-refractivity contribution is -0.130. The van der Waals surface area contributed by atoms with Crippen molar-refractivity contribution >= 4 is 5.91 Å². The van der Waals surface area contributed by atoms with Gasteiger partial charge in [0.15, 0.2) is 0 Å². The minimum absolute atomic E-state index is 0.252. The van der Waals surface area contributed by atoms with E-state index >= 15 is 0 Å². The first-order valence-electron chi connectivity index (χ1n) is 6.80. The Balaban J connectivity index is 1.91. The van der Waals surface area contributed by atoms with E-state index in [0.29, 0.717) is 6.42 Å². The topological polar surface area (TPSA) is 32.3 Å². The lowest BCUT2D eigenvalue weighted by Gasteiger charge is -2.25. The van der Waals surface area contributed by atoms with Crippen molar-refractivity contribution < 1.29 is 4.79 Å². The van der Waals surface area contributed by atoms with E-state index in [1.807, 2.05) is 4.90 Å². The van der Waals surface area contributed by atoms with Crippen molar-refractivity contribution in [3.05, 3.63) is 35.4 Å². The summed E-state index contributed by atoms with van der Waals surface area (Å²) in [6, 6.07) is 8.24. The van der Waals surface area contributed by atoms with E-state index < -0.39 is 0 Å². The SMILES string of the molecule is Cc1ccc(CC(=O)N2CCCCNCC2)cc1. The Labute approximate surface area is 109 Å². The largest absolute Gasteiger partial charge is 0.341 e. The number of nitrogens with zero attached hydrogens (tertiary/aromatic N) is 1. The third-order valence-electron chi connectivity index (χ3n) is 3.42. The van der Waals surface area contributed by atoms with E-state index in [2.05, 4.69) is 36.5 Å². The van der Waals surface area contributed by atoms with Crippen LogP contribution in [0.4, 0.5) is 0 Å². The second-order valence-corrected chi connectivity index (χ2v) is 5.00. The fourth-order valence-corrected chi connectivity index (χ4v) is 2.25. The van der Waals surface area contributed by atoms with Gasteiger partial charge in [0.1, 0.15) is 0 Å². The van der Waals surface area contributed by atoms with Gasteiger partial charge in [-0.25, -0.2) is 0 Å². The number of hydrogen-bond acceptors (Lipinski definition) is 2. The molecule has 1 fully saturated rings. The van der Waals surface area contributed by atoms with Crippen molar-refractivity contribution in [2.24, 2.45) is 0 Å². The summed E-state index contributed by atoms with van der Waals surface area (Å²) < 4.78 is 0. The molecule has 0 bridgehead atoms. The fraction of sp³-hybridized carbons (Fsp3) is 0.533. The maximum Gasteiger partial charge on any atom is 0.227 e. The van der Waals surface area contributed by atoms with Crippen LogP contribution in [0.5, 0.6) is 0 Å². The van der Waals surface area contributed by atoms with Gasteiger partial charge in [-0.15, -0.1) is 0 Å². The second kappa shape index (κ2) is 6.55. The molecule has 0 aromatic heterocycles. The Bertz CT molecular complexity index is 378. The molecule has 1 aliphatic heterocycles. The maximum atomic E-state index is 12.2. The summed E-state index contributed by atoms with van der Waals surface area (Å²) in [6.07, 6.45) is 2.79. The zero-order chi connectivity index (χ0) is 12.8. The summed E-state index contributed by atoms with van der Waals surface area (Å²) in [6.45, 7) is 5.81. The van der Waals surface area contributed by atoms with Gasteiger partial charge in [-0.2, -0.15) is 0 Å². The van der Waals surface area contributed by atoms with Gasteiger partial charge < -0.3 is 10.2 Å². The standard InChI is InChI=1S/C15H22N2O/c1-13-4-6-14(7-5-13)12-15(18)17-10-3-2-8-16-9-11-17/h4-7,16H,2-3,8-12H2,1H3. The number of amides is 1. The number of carbonyl (C=O) groups excluding carboxylic acids is 1. The molecule has 1 saturated heterocycles. The van der Waals surface area contributed by atoms with Crippen molar-refractivity contribution in [1.82, 2.24) is 10.2 Å². The van der Waals surface area contributed by atoms with Crippen LogP contribution in [0.1, 0.15) is 24.0 Å². The third kappa shape index (κ3) is 3.84. The molecule has 0 spiro atoms. The van der Waals surface area contributed by atoms with Crippen molar-refractivity contribution in [1.29, 1.82) is 0 Å². The Hall–Kier alpha value is -1.35. The minimum Gasteiger partial charge on any atom is -0.341 e. The van der Waals surface area contributed by atoms with Gasteiger partial charge in [-0.1, -0.05) is 29.8 Å². The van der Waals surface area contributed by atoms with Gasteiger partial charge >= 0.3 is 0 Å². The molecular weight excluding hydrogens is 224 g/mol. The first-order chi connectivity index (χ1) is 8.75. The summed E-state index contributed by atoms with van der Waals surface area (Å²) in [4.78, 5) is 14.2. The minimum atomic E-state index is 0.252. The quantitative estimate of drug-likeness (QED) is 0.862. The lowest BCUT2D eigenvalue weighted by Crippen LogP contribution is -2.40. The molecule has 0 saturated carbocycles. The normalized spacial score (nSPS) is 17.1. The van der Waals surface area contributed by atoms with Crippen molar-refractivity contribution in [3.63, 3.8) is 0 Å². The molecule has 0 aliphatic carbocycles. The summed E-state index contributed by atoms with van der Waals surface area (Å²) in [7, 11) is 0. The molecule has 2 rings (SSSR count). The van der Waals surface area contributed by atoms with E-state index in [1.165, 1.54) is 5.56 Å². The first-order valence-corrected chi connectivity index (χ1v) is 6.80. The van der Waals surface area contributed by atoms with Crippen LogP contribution in [0.25, 0.3) is 0 Å². The molecule has 1 aliphatic rings. The summed E-state index contributed by atoms with van der Waals surface area (Å²) >= 11 is 0. The molecule has 1 N–H and O–H groups in total. The molecule has 0 radical (unpaired) electrons. The van der Waals surface area contributed by atoms with E-state index in [1.54, 1.807) is 0 Å². The molecule has 0 unspecified atom stereocenters. The Morgan fingerprint density at radius 3 is 2.72 bits per heavy atom. The molecule has 1 aromatic carbocycles. The molecule has 3 nitrogen and oxygen atoms in total. The Kier molecular flexibility index (Phi) is 4.76. The average molecular weight is 246 g/mol. The monoisotopic (exact) mass is 246 g/mol. The number of carbonyl (C=O) groups is 1. The predicted octanol–water partition coefficient (Wildman–Crippen LogP) is 1.75. The number of nitrogens with one attached hydrogen (secondary N) is 1. The summed E-state index contributed by atoms with van der Waals surface area (Å²) in [5.74, 6) is 0.252. The van der Waals surface area contributed by atoms with Crippen LogP contribution in [0, 0.1) is 6.92 Å². The summed E-state index contributed by atoms with van der Waals surface area (Å²) in [5.41, 5.74) is 2.35. The highest BCUT2D eigenvalue weighted by Crippen LogP contribution is 2.07. The van der Waals surface area contributed by atoms with Crippen molar-refractivity contribution in [3.8, 4) is 0 Å². The molecule has 1 heterocycles. The van der Waals surface area contributed by atoms with Gasteiger partial charge in [0, 0.05) is 19.6 Å². The first kappa shape index (κ1) is 13.1. The summed E-state index contributed by atoms with van der Waals surface area (Å²) in [5, 5.41) is 3.35. The molecule has 1 amide bonds. The van der Waals surface area contributed by atoms with E-state index in [-0.39, 0.29) is 5.91 Å². The zero-order valence-corrected chi connectivity index (χ0v) is 11.1. The Morgan fingerprint density at radius 2 is 1.94 bits per heavy atom. The number of hydrogen-bond donors (Lipinski definition) is 1. The van der Waals surface area contributed by atoms with Gasteiger partial charge in [0.2, 0.25) is 5.91 Å². The number of rotatable bonds is 2. The van der Waals surface area contributed by atoms with Crippen LogP contribution < -0.4 is 5.32 Å². The number of aryl methyl sites for hydroxylation is 1. The molecule has 0 atom stereocenters. The molecule has 18 heavy (non-hydrogen) atoms. The molecular formula is C15H22N2O. The molecule has 1 aromatic rings. The lowest BCUT2D eigenvalue weighted by atomic mass is 10.1. The van der Waals surface area contributed by atoms with Gasteiger partial charge in [0.05, 0.1) is 6.42 Å². The van der Waals surface area contributed by atoms with Crippen LogP contribution >= 0.6 is 0 Å².